The van der Waals surface area contributed by atoms with E-state index in [1.165, 1.54) is 7.11 Å². The number of hydrogen-bond acceptors (Lipinski definition) is 4. The Kier molecular flexibility index (Phi) is 5.36. The average Bonchev–Trinajstić information content (AvgIpc) is 2.48. The molecular weight excluding hydrogens is 314 g/mol. The summed E-state index contributed by atoms with van der Waals surface area (Å²) < 4.78 is 10.7. The van der Waals surface area contributed by atoms with E-state index in [2.05, 4.69) is 0 Å². The van der Waals surface area contributed by atoms with E-state index < -0.39 is 7.12 Å². The van der Waals surface area contributed by atoms with E-state index in [4.69, 9.17) is 32.7 Å². The maximum Gasteiger partial charge on any atom is 0.488 e. The summed E-state index contributed by atoms with van der Waals surface area (Å²) >= 11 is 12.0. The summed E-state index contributed by atoms with van der Waals surface area (Å²) in [6.45, 7) is 0.101. The van der Waals surface area contributed by atoms with Crippen LogP contribution in [0.2, 0.25) is 10.0 Å². The normalized spacial score (nSPS) is 10.3. The molecule has 0 bridgehead atoms. The molecule has 4 nitrogen and oxygen atoms in total. The van der Waals surface area contributed by atoms with Crippen LogP contribution in [-0.2, 0) is 6.61 Å². The third kappa shape index (κ3) is 3.83. The molecule has 0 aromatic heterocycles. The Morgan fingerprint density at radius 2 is 1.90 bits per heavy atom. The molecule has 21 heavy (non-hydrogen) atoms. The summed E-state index contributed by atoms with van der Waals surface area (Å²) in [5, 5.41) is 19.5. The number of methoxy groups -OCH3 is 1. The Bertz CT molecular complexity index is 634. The van der Waals surface area contributed by atoms with Crippen molar-refractivity contribution in [3.8, 4) is 11.5 Å². The lowest BCUT2D eigenvalue weighted by Gasteiger charge is -2.13. The first kappa shape index (κ1) is 16.0. The van der Waals surface area contributed by atoms with Gasteiger partial charge in [0.2, 0.25) is 0 Å². The van der Waals surface area contributed by atoms with Crippen LogP contribution in [0.1, 0.15) is 5.56 Å². The highest BCUT2D eigenvalue weighted by atomic mass is 35.5. The van der Waals surface area contributed by atoms with Gasteiger partial charge in [0.1, 0.15) is 23.1 Å². The average molecular weight is 327 g/mol. The summed E-state index contributed by atoms with van der Waals surface area (Å²) in [5.41, 5.74) is 0.925. The predicted octanol–water partition coefficient (Wildman–Crippen LogP) is 2.26. The second-order valence-electron chi connectivity index (χ2n) is 4.28. The zero-order valence-corrected chi connectivity index (χ0v) is 12.7. The minimum Gasteiger partial charge on any atom is -0.497 e. The molecule has 0 aliphatic heterocycles. The predicted molar refractivity (Wildman–Crippen MR) is 83.6 cm³/mol. The molecule has 0 fully saturated rings. The van der Waals surface area contributed by atoms with Gasteiger partial charge in [0.25, 0.3) is 0 Å². The van der Waals surface area contributed by atoms with Crippen LogP contribution in [0.5, 0.6) is 11.5 Å². The summed E-state index contributed by atoms with van der Waals surface area (Å²) in [4.78, 5) is 0. The van der Waals surface area contributed by atoms with Crippen LogP contribution >= 0.6 is 23.2 Å². The molecule has 7 heteroatoms. The SMILES string of the molecule is COc1ccc(B(O)O)c(COc2cccc(Cl)c2Cl)c1. The van der Waals surface area contributed by atoms with Crippen LogP contribution in [-0.4, -0.2) is 24.3 Å². The van der Waals surface area contributed by atoms with Crippen molar-refractivity contribution in [2.75, 3.05) is 7.11 Å². The van der Waals surface area contributed by atoms with Crippen molar-refractivity contribution in [2.45, 2.75) is 6.61 Å². The molecule has 0 saturated heterocycles. The van der Waals surface area contributed by atoms with Gasteiger partial charge < -0.3 is 19.5 Å². The van der Waals surface area contributed by atoms with Gasteiger partial charge in [0.15, 0.2) is 0 Å². The minimum absolute atomic E-state index is 0.101. The van der Waals surface area contributed by atoms with Gasteiger partial charge in [-0.05, 0) is 35.3 Å². The molecule has 0 atom stereocenters. The second-order valence-corrected chi connectivity index (χ2v) is 5.06. The van der Waals surface area contributed by atoms with Crippen molar-refractivity contribution in [1.82, 2.24) is 0 Å². The molecule has 0 unspecified atom stereocenters. The lowest BCUT2D eigenvalue weighted by molar-refractivity contribution is 0.305. The van der Waals surface area contributed by atoms with Gasteiger partial charge in [-0.3, -0.25) is 0 Å². The number of benzene rings is 2. The van der Waals surface area contributed by atoms with Gasteiger partial charge in [0, 0.05) is 0 Å². The van der Waals surface area contributed by atoms with Crippen molar-refractivity contribution in [1.29, 1.82) is 0 Å². The lowest BCUT2D eigenvalue weighted by atomic mass is 9.77. The lowest BCUT2D eigenvalue weighted by Crippen LogP contribution is -2.33. The maximum absolute atomic E-state index is 9.38. The Balaban J connectivity index is 2.24. The van der Waals surface area contributed by atoms with E-state index in [1.807, 2.05) is 0 Å². The highest BCUT2D eigenvalue weighted by molar-refractivity contribution is 6.59. The van der Waals surface area contributed by atoms with Gasteiger partial charge in [-0.1, -0.05) is 35.3 Å². The molecule has 2 aromatic rings. The van der Waals surface area contributed by atoms with Gasteiger partial charge in [0.05, 0.1) is 12.1 Å². The zero-order valence-electron chi connectivity index (χ0n) is 11.2. The number of rotatable bonds is 5. The molecule has 0 spiro atoms. The van der Waals surface area contributed by atoms with Crippen LogP contribution < -0.4 is 14.9 Å². The smallest absolute Gasteiger partial charge is 0.488 e. The number of ether oxygens (including phenoxy) is 2. The summed E-state index contributed by atoms with van der Waals surface area (Å²) in [6.07, 6.45) is 0. The molecule has 0 heterocycles. The van der Waals surface area contributed by atoms with E-state index in [9.17, 15) is 10.0 Å². The molecule has 0 amide bonds. The first-order valence-electron chi connectivity index (χ1n) is 6.12. The summed E-state index contributed by atoms with van der Waals surface area (Å²) in [7, 11) is -0.0626. The number of hydrogen-bond donors (Lipinski definition) is 2. The molecule has 0 radical (unpaired) electrons. The maximum atomic E-state index is 9.38. The molecule has 2 rings (SSSR count). The topological polar surface area (TPSA) is 58.9 Å². The van der Waals surface area contributed by atoms with Crippen LogP contribution in [0.4, 0.5) is 0 Å². The van der Waals surface area contributed by atoms with Crippen molar-refractivity contribution < 1.29 is 19.5 Å². The van der Waals surface area contributed by atoms with Crippen molar-refractivity contribution in [3.05, 3.63) is 52.0 Å². The molecule has 0 aliphatic carbocycles. The standard InChI is InChI=1S/C14H13BCl2O4/c1-20-10-5-6-11(15(18)19)9(7-10)8-21-13-4-2-3-12(16)14(13)17/h2-7,18-19H,8H2,1H3. The van der Waals surface area contributed by atoms with E-state index in [0.29, 0.717) is 32.6 Å². The van der Waals surface area contributed by atoms with Crippen molar-refractivity contribution >= 4 is 35.8 Å². The summed E-state index contributed by atoms with van der Waals surface area (Å²) in [5.74, 6) is 1.01. The highest BCUT2D eigenvalue weighted by Crippen LogP contribution is 2.32. The molecule has 2 aromatic carbocycles. The van der Waals surface area contributed by atoms with Crippen molar-refractivity contribution in [2.24, 2.45) is 0 Å². The monoisotopic (exact) mass is 326 g/mol. The number of halogens is 2. The highest BCUT2D eigenvalue weighted by Gasteiger charge is 2.17. The first-order valence-corrected chi connectivity index (χ1v) is 6.88. The quantitative estimate of drug-likeness (QED) is 0.827. The molecule has 110 valence electrons. The van der Waals surface area contributed by atoms with E-state index in [1.54, 1.807) is 36.4 Å². The molecular formula is C14H13BCl2O4. The Morgan fingerprint density at radius 3 is 2.57 bits per heavy atom. The summed E-state index contributed by atoms with van der Waals surface area (Å²) in [6, 6.07) is 9.95. The van der Waals surface area contributed by atoms with Crippen LogP contribution in [0.15, 0.2) is 36.4 Å². The van der Waals surface area contributed by atoms with Gasteiger partial charge in [-0.15, -0.1) is 0 Å². The Hall–Kier alpha value is -1.40. The van der Waals surface area contributed by atoms with Gasteiger partial charge in [-0.2, -0.15) is 0 Å². The third-order valence-electron chi connectivity index (χ3n) is 2.93. The third-order valence-corrected chi connectivity index (χ3v) is 3.73. The molecule has 0 saturated carbocycles. The van der Waals surface area contributed by atoms with E-state index in [-0.39, 0.29) is 6.61 Å². The Labute approximate surface area is 133 Å². The minimum atomic E-state index is -1.59. The van der Waals surface area contributed by atoms with Gasteiger partial charge >= 0.3 is 7.12 Å². The fourth-order valence-corrected chi connectivity index (χ4v) is 2.18. The van der Waals surface area contributed by atoms with Crippen molar-refractivity contribution in [3.63, 3.8) is 0 Å². The van der Waals surface area contributed by atoms with Gasteiger partial charge in [-0.25, -0.2) is 0 Å². The molecule has 0 aliphatic rings. The van der Waals surface area contributed by atoms with Crippen LogP contribution in [0, 0.1) is 0 Å². The second kappa shape index (κ2) is 7.05. The van der Waals surface area contributed by atoms with Crippen LogP contribution in [0.3, 0.4) is 0 Å². The zero-order chi connectivity index (χ0) is 15.4. The fraction of sp³-hybridized carbons (Fsp3) is 0.143. The van der Waals surface area contributed by atoms with E-state index >= 15 is 0 Å². The largest absolute Gasteiger partial charge is 0.497 e. The molecule has 2 N–H and O–H groups in total. The van der Waals surface area contributed by atoms with Crippen LogP contribution in [0.25, 0.3) is 0 Å². The fourth-order valence-electron chi connectivity index (χ4n) is 1.84. The van der Waals surface area contributed by atoms with E-state index in [0.717, 1.165) is 0 Å². The Morgan fingerprint density at radius 1 is 1.14 bits per heavy atom. The first-order chi connectivity index (χ1) is 10.0.